The summed E-state index contributed by atoms with van der Waals surface area (Å²) >= 11 is 0. The average molecular weight is 235 g/mol. The second kappa shape index (κ2) is 5.14. The molecule has 0 spiro atoms. The van der Waals surface area contributed by atoms with E-state index >= 15 is 0 Å². The van der Waals surface area contributed by atoms with Crippen molar-refractivity contribution in [3.63, 3.8) is 0 Å². The van der Waals surface area contributed by atoms with Crippen LogP contribution in [0.2, 0.25) is 0 Å². The van der Waals surface area contributed by atoms with Crippen molar-refractivity contribution in [3.05, 3.63) is 11.6 Å². The highest BCUT2D eigenvalue weighted by Crippen LogP contribution is 2.13. The van der Waals surface area contributed by atoms with E-state index in [0.717, 1.165) is 44.2 Å². The third kappa shape index (κ3) is 2.50. The zero-order chi connectivity index (χ0) is 11.5. The van der Waals surface area contributed by atoms with Crippen molar-refractivity contribution >= 4 is 0 Å². The van der Waals surface area contributed by atoms with Gasteiger partial charge in [0.25, 0.3) is 0 Å². The topological polar surface area (TPSA) is 46.0 Å². The first-order valence-corrected chi connectivity index (χ1v) is 6.77. The fourth-order valence-corrected chi connectivity index (χ4v) is 2.77. The van der Waals surface area contributed by atoms with Gasteiger partial charge in [-0.2, -0.15) is 0 Å². The van der Waals surface area contributed by atoms with Crippen molar-refractivity contribution < 1.29 is 0 Å². The fraction of sp³-hybridized carbons (Fsp3) is 0.833. The predicted octanol–water partition coefficient (Wildman–Crippen LogP) is 0.410. The average Bonchev–Trinajstić information content (AvgIpc) is 2.61. The van der Waals surface area contributed by atoms with Gasteiger partial charge in [-0.3, -0.25) is 4.90 Å². The maximum Gasteiger partial charge on any atom is 0.147 e. The quantitative estimate of drug-likeness (QED) is 0.806. The summed E-state index contributed by atoms with van der Waals surface area (Å²) in [5, 5.41) is 12.1. The molecule has 3 rings (SSSR count). The molecule has 0 aromatic carbocycles. The third-order valence-electron chi connectivity index (χ3n) is 3.76. The molecule has 1 saturated heterocycles. The molecular weight excluding hydrogens is 214 g/mol. The van der Waals surface area contributed by atoms with E-state index in [4.69, 9.17) is 0 Å². The number of nitrogens with zero attached hydrogens (tertiary/aromatic N) is 4. The minimum atomic E-state index is 0.979. The number of hydrogen-bond donors (Lipinski definition) is 1. The van der Waals surface area contributed by atoms with Gasteiger partial charge >= 0.3 is 0 Å². The summed E-state index contributed by atoms with van der Waals surface area (Å²) in [6.45, 7) is 6.51. The van der Waals surface area contributed by atoms with Gasteiger partial charge in [0.2, 0.25) is 0 Å². The Morgan fingerprint density at radius 2 is 1.88 bits per heavy atom. The molecule has 0 radical (unpaired) electrons. The van der Waals surface area contributed by atoms with Gasteiger partial charge < -0.3 is 9.88 Å². The molecule has 1 fully saturated rings. The Balaban J connectivity index is 1.71. The van der Waals surface area contributed by atoms with Crippen molar-refractivity contribution in [2.75, 3.05) is 26.2 Å². The van der Waals surface area contributed by atoms with Crippen LogP contribution >= 0.6 is 0 Å². The summed E-state index contributed by atoms with van der Waals surface area (Å²) in [7, 11) is 0. The third-order valence-corrected chi connectivity index (χ3v) is 3.76. The van der Waals surface area contributed by atoms with E-state index in [2.05, 4.69) is 25.0 Å². The Hall–Kier alpha value is -0.940. The Morgan fingerprint density at radius 1 is 1.00 bits per heavy atom. The summed E-state index contributed by atoms with van der Waals surface area (Å²) in [5.74, 6) is 2.31. The highest BCUT2D eigenvalue weighted by atomic mass is 15.3. The molecule has 0 atom stereocenters. The minimum absolute atomic E-state index is 0.979. The Bertz CT molecular complexity index is 367. The number of rotatable bonds is 2. The Kier molecular flexibility index (Phi) is 3.38. The summed E-state index contributed by atoms with van der Waals surface area (Å²) in [4.78, 5) is 2.51. The van der Waals surface area contributed by atoms with Crippen molar-refractivity contribution in [2.24, 2.45) is 0 Å². The summed E-state index contributed by atoms with van der Waals surface area (Å²) in [6.07, 6.45) is 5.07. The molecule has 0 unspecified atom stereocenters. The van der Waals surface area contributed by atoms with Crippen LogP contribution in [-0.2, 0) is 19.5 Å². The summed E-state index contributed by atoms with van der Waals surface area (Å²) in [5.41, 5.74) is 0. The van der Waals surface area contributed by atoms with Crippen molar-refractivity contribution in [1.29, 1.82) is 0 Å². The Labute approximate surface area is 102 Å². The van der Waals surface area contributed by atoms with Crippen LogP contribution in [0.5, 0.6) is 0 Å². The van der Waals surface area contributed by atoms with E-state index in [1.54, 1.807) is 0 Å². The summed E-state index contributed by atoms with van der Waals surface area (Å²) in [6, 6.07) is 0. The first kappa shape index (κ1) is 11.2. The van der Waals surface area contributed by atoms with Crippen LogP contribution in [0.4, 0.5) is 0 Å². The molecule has 1 aromatic heterocycles. The van der Waals surface area contributed by atoms with Gasteiger partial charge in [-0.05, 0) is 25.9 Å². The normalized spacial score (nSPS) is 22.1. The lowest BCUT2D eigenvalue weighted by Crippen LogP contribution is -2.30. The standard InChI is InChI=1S/C12H21N5/c1-2-7-16(8-3-1)10-12-15-14-11-4-5-13-6-9-17(11)12/h13H,1-10H2. The number of aromatic nitrogens is 3. The van der Waals surface area contributed by atoms with E-state index in [1.165, 1.54) is 32.4 Å². The molecule has 94 valence electrons. The molecule has 2 aliphatic rings. The first-order chi connectivity index (χ1) is 8.43. The Morgan fingerprint density at radius 3 is 2.76 bits per heavy atom. The fourth-order valence-electron chi connectivity index (χ4n) is 2.77. The van der Waals surface area contributed by atoms with E-state index < -0.39 is 0 Å². The van der Waals surface area contributed by atoms with Gasteiger partial charge in [0.05, 0.1) is 6.54 Å². The highest BCUT2D eigenvalue weighted by molar-refractivity contribution is 4.98. The van der Waals surface area contributed by atoms with Crippen LogP contribution in [0.15, 0.2) is 0 Å². The molecule has 1 N–H and O–H groups in total. The lowest BCUT2D eigenvalue weighted by atomic mass is 10.1. The van der Waals surface area contributed by atoms with Gasteiger partial charge in [-0.1, -0.05) is 6.42 Å². The van der Waals surface area contributed by atoms with E-state index in [-0.39, 0.29) is 0 Å². The predicted molar refractivity (Wildman–Crippen MR) is 65.7 cm³/mol. The number of likely N-dealkylation sites (tertiary alicyclic amines) is 1. The largest absolute Gasteiger partial charge is 0.315 e. The molecule has 17 heavy (non-hydrogen) atoms. The molecule has 5 nitrogen and oxygen atoms in total. The van der Waals surface area contributed by atoms with Crippen molar-refractivity contribution in [3.8, 4) is 0 Å². The molecule has 0 amide bonds. The number of nitrogens with one attached hydrogen (secondary N) is 1. The van der Waals surface area contributed by atoms with Gasteiger partial charge in [-0.25, -0.2) is 0 Å². The molecule has 3 heterocycles. The van der Waals surface area contributed by atoms with Gasteiger partial charge in [0.15, 0.2) is 0 Å². The molecule has 5 heteroatoms. The zero-order valence-electron chi connectivity index (χ0n) is 10.4. The molecule has 0 saturated carbocycles. The number of piperidine rings is 1. The van der Waals surface area contributed by atoms with Crippen molar-refractivity contribution in [2.45, 2.75) is 38.8 Å². The molecule has 1 aromatic rings. The van der Waals surface area contributed by atoms with E-state index in [1.807, 2.05) is 0 Å². The second-order valence-corrected chi connectivity index (χ2v) is 5.02. The lowest BCUT2D eigenvalue weighted by Gasteiger charge is -2.25. The lowest BCUT2D eigenvalue weighted by molar-refractivity contribution is 0.213. The van der Waals surface area contributed by atoms with Crippen LogP contribution in [-0.4, -0.2) is 45.8 Å². The van der Waals surface area contributed by atoms with E-state index in [0.29, 0.717) is 0 Å². The summed E-state index contributed by atoms with van der Waals surface area (Å²) < 4.78 is 2.31. The zero-order valence-corrected chi connectivity index (χ0v) is 10.4. The molecular formula is C12H21N5. The molecule has 2 aliphatic heterocycles. The van der Waals surface area contributed by atoms with Gasteiger partial charge in [0.1, 0.15) is 11.6 Å². The maximum atomic E-state index is 4.38. The van der Waals surface area contributed by atoms with Crippen molar-refractivity contribution in [1.82, 2.24) is 25.0 Å². The van der Waals surface area contributed by atoms with Crippen LogP contribution in [0.25, 0.3) is 0 Å². The SMILES string of the molecule is C1CCN(Cc2nnc3n2CCNCC3)CC1. The van der Waals surface area contributed by atoms with Crippen LogP contribution in [0.1, 0.15) is 30.9 Å². The highest BCUT2D eigenvalue weighted by Gasteiger charge is 2.17. The first-order valence-electron chi connectivity index (χ1n) is 6.77. The maximum absolute atomic E-state index is 4.38. The van der Waals surface area contributed by atoms with E-state index in [9.17, 15) is 0 Å². The smallest absolute Gasteiger partial charge is 0.147 e. The minimum Gasteiger partial charge on any atom is -0.315 e. The second-order valence-electron chi connectivity index (χ2n) is 5.02. The van der Waals surface area contributed by atoms with Gasteiger partial charge in [-0.15, -0.1) is 10.2 Å². The number of fused-ring (bicyclic) bond motifs is 1. The van der Waals surface area contributed by atoms with Crippen LogP contribution in [0, 0.1) is 0 Å². The van der Waals surface area contributed by atoms with Crippen LogP contribution < -0.4 is 5.32 Å². The van der Waals surface area contributed by atoms with Gasteiger partial charge in [0, 0.05) is 26.1 Å². The monoisotopic (exact) mass is 235 g/mol. The molecule has 0 aliphatic carbocycles. The van der Waals surface area contributed by atoms with Crippen LogP contribution in [0.3, 0.4) is 0 Å². The number of hydrogen-bond acceptors (Lipinski definition) is 4. The molecule has 0 bridgehead atoms.